The van der Waals surface area contributed by atoms with Crippen LogP contribution in [0.25, 0.3) is 0 Å². The summed E-state index contributed by atoms with van der Waals surface area (Å²) in [4.78, 5) is 34.9. The van der Waals surface area contributed by atoms with E-state index in [1.165, 1.54) is 14.2 Å². The molecule has 0 unspecified atom stereocenters. The Hall–Kier alpha value is -2.81. The fraction of sp³-hybridized carbons (Fsp3) is 0.143. The lowest BCUT2D eigenvalue weighted by Crippen LogP contribution is -2.25. The average molecular weight is 335 g/mol. The minimum absolute atomic E-state index is 0.127. The van der Waals surface area contributed by atoms with Gasteiger partial charge in [-0.15, -0.1) is 5.10 Å². The summed E-state index contributed by atoms with van der Waals surface area (Å²) >= 11 is 0.913. The van der Waals surface area contributed by atoms with Crippen LogP contribution in [0.15, 0.2) is 40.3 Å². The highest BCUT2D eigenvalue weighted by molar-refractivity contribution is 8.18. The van der Waals surface area contributed by atoms with E-state index in [0.717, 1.165) is 17.8 Å². The molecule has 0 atom stereocenters. The molecule has 1 saturated heterocycles. The Morgan fingerprint density at radius 2 is 2.04 bits per heavy atom. The van der Waals surface area contributed by atoms with Gasteiger partial charge in [0.1, 0.15) is 5.75 Å². The van der Waals surface area contributed by atoms with Crippen molar-refractivity contribution < 1.29 is 23.9 Å². The molecular weight excluding hydrogens is 322 g/mol. The molecule has 23 heavy (non-hydrogen) atoms. The summed E-state index contributed by atoms with van der Waals surface area (Å²) < 4.78 is 9.53. The summed E-state index contributed by atoms with van der Waals surface area (Å²) in [5.41, 5.74) is 2.62. The van der Waals surface area contributed by atoms with Gasteiger partial charge in [0, 0.05) is 6.08 Å². The molecule has 1 fully saturated rings. The Labute approximate surface area is 135 Å². The topological polar surface area (TPSA) is 106 Å². The molecule has 2 N–H and O–H groups in total. The Morgan fingerprint density at radius 1 is 1.30 bits per heavy atom. The van der Waals surface area contributed by atoms with E-state index in [0.29, 0.717) is 11.3 Å². The van der Waals surface area contributed by atoms with Gasteiger partial charge in [-0.25, -0.2) is 10.2 Å². The lowest BCUT2D eigenvalue weighted by atomic mass is 10.2. The predicted molar refractivity (Wildman–Crippen MR) is 83.7 cm³/mol. The highest BCUT2D eigenvalue weighted by Crippen LogP contribution is 2.23. The smallest absolute Gasteiger partial charge is 0.331 e. The minimum atomic E-state index is -0.651. The number of rotatable bonds is 4. The summed E-state index contributed by atoms with van der Waals surface area (Å²) in [5, 5.41) is 6.38. The van der Waals surface area contributed by atoms with E-state index in [-0.39, 0.29) is 10.1 Å². The van der Waals surface area contributed by atoms with Gasteiger partial charge in [0.2, 0.25) is 0 Å². The van der Waals surface area contributed by atoms with Gasteiger partial charge in [-0.3, -0.25) is 14.9 Å². The van der Waals surface area contributed by atoms with Crippen molar-refractivity contribution in [1.82, 2.24) is 10.7 Å². The van der Waals surface area contributed by atoms with Gasteiger partial charge in [-0.1, -0.05) is 12.1 Å². The first-order valence-corrected chi connectivity index (χ1v) is 7.16. The van der Waals surface area contributed by atoms with Crippen LogP contribution < -0.4 is 15.5 Å². The van der Waals surface area contributed by atoms with Crippen LogP contribution in [0.1, 0.15) is 10.4 Å². The highest BCUT2D eigenvalue weighted by atomic mass is 32.2. The van der Waals surface area contributed by atoms with E-state index < -0.39 is 17.8 Å². The Balaban J connectivity index is 2.07. The molecule has 0 spiro atoms. The van der Waals surface area contributed by atoms with Crippen LogP contribution in [0.5, 0.6) is 5.75 Å². The van der Waals surface area contributed by atoms with Gasteiger partial charge < -0.3 is 9.47 Å². The molecule has 1 aliphatic rings. The normalized spacial score (nSPS) is 17.0. The van der Waals surface area contributed by atoms with Crippen molar-refractivity contribution in [3.63, 3.8) is 0 Å². The number of amidine groups is 1. The Morgan fingerprint density at radius 3 is 2.74 bits per heavy atom. The van der Waals surface area contributed by atoms with Crippen LogP contribution in [0.4, 0.5) is 0 Å². The van der Waals surface area contributed by atoms with Crippen LogP contribution >= 0.6 is 11.8 Å². The van der Waals surface area contributed by atoms with Crippen LogP contribution in [-0.4, -0.2) is 37.2 Å². The van der Waals surface area contributed by atoms with E-state index in [4.69, 9.17) is 4.74 Å². The van der Waals surface area contributed by atoms with E-state index in [2.05, 4.69) is 20.6 Å². The number of nitrogens with zero attached hydrogens (tertiary/aromatic N) is 1. The first-order chi connectivity index (χ1) is 11.0. The number of amides is 2. The standard InChI is InChI=1S/C14H13N3O5S/c1-21-9-6-4-3-5-8(9)12(19)16-17-14-15-13(20)10(23-14)7-11(18)22-2/h3-7H,1-2H3,(H,16,19)(H,15,17,20). The molecule has 0 saturated carbocycles. The van der Waals surface area contributed by atoms with Gasteiger partial charge in [0.15, 0.2) is 5.17 Å². The van der Waals surface area contributed by atoms with E-state index in [1.54, 1.807) is 24.3 Å². The van der Waals surface area contributed by atoms with Crippen molar-refractivity contribution in [2.24, 2.45) is 5.10 Å². The third-order valence-electron chi connectivity index (χ3n) is 2.71. The molecule has 0 aliphatic carbocycles. The maximum absolute atomic E-state index is 12.1. The average Bonchev–Trinajstić information content (AvgIpc) is 2.92. The van der Waals surface area contributed by atoms with Crippen molar-refractivity contribution in [2.45, 2.75) is 0 Å². The molecule has 1 aliphatic heterocycles. The molecule has 1 aromatic rings. The number of carbonyl (C=O) groups is 3. The summed E-state index contributed by atoms with van der Waals surface area (Å²) in [6.45, 7) is 0. The fourth-order valence-corrected chi connectivity index (χ4v) is 2.38. The Bertz CT molecular complexity index is 714. The molecule has 2 amide bonds. The molecule has 2 rings (SSSR count). The first-order valence-electron chi connectivity index (χ1n) is 6.35. The number of hydrazone groups is 1. The molecule has 0 aromatic heterocycles. The van der Waals surface area contributed by atoms with Crippen LogP contribution in [0.3, 0.4) is 0 Å². The van der Waals surface area contributed by atoms with E-state index in [1.807, 2.05) is 0 Å². The number of ether oxygens (including phenoxy) is 2. The van der Waals surface area contributed by atoms with Gasteiger partial charge in [0.25, 0.3) is 11.8 Å². The van der Waals surface area contributed by atoms with Crippen molar-refractivity contribution in [2.75, 3.05) is 14.2 Å². The molecular formula is C14H13N3O5S. The van der Waals surface area contributed by atoms with Gasteiger partial charge in [0.05, 0.1) is 24.7 Å². The molecule has 0 radical (unpaired) electrons. The quantitative estimate of drug-likeness (QED) is 0.474. The minimum Gasteiger partial charge on any atom is -0.496 e. The van der Waals surface area contributed by atoms with Crippen molar-refractivity contribution in [1.29, 1.82) is 0 Å². The second-order valence-corrected chi connectivity index (χ2v) is 5.18. The number of hydrogen-bond acceptors (Lipinski definition) is 7. The lowest BCUT2D eigenvalue weighted by molar-refractivity contribution is -0.135. The van der Waals surface area contributed by atoms with Crippen LogP contribution in [-0.2, 0) is 14.3 Å². The highest BCUT2D eigenvalue weighted by Gasteiger charge is 2.25. The second-order valence-electron chi connectivity index (χ2n) is 4.15. The molecule has 1 aromatic carbocycles. The summed E-state index contributed by atoms with van der Waals surface area (Å²) in [5.74, 6) is -1.23. The zero-order chi connectivity index (χ0) is 16.8. The number of nitrogens with one attached hydrogen (secondary N) is 2. The SMILES string of the molecule is COC(=O)C=C1S/C(=N\NC(=O)c2ccccc2OC)NC1=O. The molecule has 1 heterocycles. The van der Waals surface area contributed by atoms with E-state index in [9.17, 15) is 14.4 Å². The molecule has 0 bridgehead atoms. The number of thioether (sulfide) groups is 1. The molecule has 120 valence electrons. The van der Waals surface area contributed by atoms with E-state index >= 15 is 0 Å². The predicted octanol–water partition coefficient (Wildman–Crippen LogP) is 0.616. The van der Waals surface area contributed by atoms with Crippen molar-refractivity contribution in [3.05, 3.63) is 40.8 Å². The lowest BCUT2D eigenvalue weighted by Gasteiger charge is -2.06. The Kier molecular flexibility index (Phi) is 5.36. The number of benzene rings is 1. The summed E-state index contributed by atoms with van der Waals surface area (Å²) in [6.07, 6.45) is 1.05. The number of para-hydroxylation sites is 1. The second kappa shape index (κ2) is 7.45. The van der Waals surface area contributed by atoms with Crippen LogP contribution in [0, 0.1) is 0 Å². The number of carbonyl (C=O) groups excluding carboxylic acids is 3. The maximum atomic E-state index is 12.1. The monoisotopic (exact) mass is 335 g/mol. The van der Waals surface area contributed by atoms with Crippen molar-refractivity contribution >= 4 is 34.7 Å². The number of hydrogen-bond donors (Lipinski definition) is 2. The number of esters is 1. The maximum Gasteiger partial charge on any atom is 0.331 e. The summed E-state index contributed by atoms with van der Waals surface area (Å²) in [6, 6.07) is 6.65. The zero-order valence-electron chi connectivity index (χ0n) is 12.3. The number of methoxy groups -OCH3 is 2. The first kappa shape index (κ1) is 16.6. The van der Waals surface area contributed by atoms with Crippen LogP contribution in [0.2, 0.25) is 0 Å². The summed E-state index contributed by atoms with van der Waals surface area (Å²) in [7, 11) is 2.66. The zero-order valence-corrected chi connectivity index (χ0v) is 13.1. The third-order valence-corrected chi connectivity index (χ3v) is 3.62. The van der Waals surface area contributed by atoms with Gasteiger partial charge in [-0.05, 0) is 23.9 Å². The van der Waals surface area contributed by atoms with Gasteiger partial charge in [-0.2, -0.15) is 0 Å². The largest absolute Gasteiger partial charge is 0.496 e. The van der Waals surface area contributed by atoms with Crippen molar-refractivity contribution in [3.8, 4) is 5.75 Å². The molecule has 8 nitrogen and oxygen atoms in total. The fourth-order valence-electron chi connectivity index (χ4n) is 1.64. The molecule has 9 heteroatoms. The van der Waals surface area contributed by atoms with Gasteiger partial charge >= 0.3 is 5.97 Å². The third kappa shape index (κ3) is 4.10.